The van der Waals surface area contributed by atoms with E-state index < -0.39 is 6.16 Å². The minimum Gasteiger partial charge on any atom is -0.438 e. The van der Waals surface area contributed by atoms with Crippen molar-refractivity contribution in [2.75, 3.05) is 34.0 Å². The van der Waals surface area contributed by atoms with Crippen molar-refractivity contribution >= 4 is 6.16 Å². The van der Waals surface area contributed by atoms with Crippen LogP contribution < -0.4 is 0 Å². The molecule has 0 N–H and O–H groups in total. The molecule has 5 nitrogen and oxygen atoms in total. The molecule has 5 heteroatoms. The van der Waals surface area contributed by atoms with Crippen molar-refractivity contribution in [3.63, 3.8) is 0 Å². The van der Waals surface area contributed by atoms with Gasteiger partial charge in [0.1, 0.15) is 6.61 Å². The van der Waals surface area contributed by atoms with E-state index in [0.717, 1.165) is 6.42 Å². The average Bonchev–Trinajstić information content (AvgIpc) is 2.23. The molecule has 0 saturated carbocycles. The summed E-state index contributed by atoms with van der Waals surface area (Å²) >= 11 is 0. The molecule has 0 fully saturated rings. The Labute approximate surface area is 84.3 Å². The van der Waals surface area contributed by atoms with Crippen LogP contribution in [0.5, 0.6) is 0 Å². The molecule has 0 spiro atoms. The normalized spacial score (nSPS) is 12.2. The summed E-state index contributed by atoms with van der Waals surface area (Å²) in [6, 6.07) is 0. The summed E-state index contributed by atoms with van der Waals surface area (Å²) in [6.45, 7) is 3.09. The molecule has 0 aliphatic rings. The molecular formula is C9H18O5. The van der Waals surface area contributed by atoms with Crippen LogP contribution in [0.1, 0.15) is 13.3 Å². The van der Waals surface area contributed by atoms with E-state index in [2.05, 4.69) is 9.47 Å². The summed E-state index contributed by atoms with van der Waals surface area (Å²) in [4.78, 5) is 10.5. The fourth-order valence-electron chi connectivity index (χ4n) is 0.810. The summed E-state index contributed by atoms with van der Waals surface area (Å²) < 4.78 is 19.2. The molecule has 1 unspecified atom stereocenters. The van der Waals surface area contributed by atoms with Gasteiger partial charge in [-0.1, -0.05) is 6.92 Å². The lowest BCUT2D eigenvalue weighted by Crippen LogP contribution is -2.19. The third-order valence-electron chi connectivity index (χ3n) is 1.71. The highest BCUT2D eigenvalue weighted by atomic mass is 16.7. The summed E-state index contributed by atoms with van der Waals surface area (Å²) in [5.74, 6) is 0. The highest BCUT2D eigenvalue weighted by molar-refractivity contribution is 5.59. The van der Waals surface area contributed by atoms with Gasteiger partial charge in [0.2, 0.25) is 0 Å². The summed E-state index contributed by atoms with van der Waals surface area (Å²) in [5.41, 5.74) is 0. The van der Waals surface area contributed by atoms with Crippen molar-refractivity contribution in [1.29, 1.82) is 0 Å². The number of hydrogen-bond acceptors (Lipinski definition) is 5. The zero-order valence-corrected chi connectivity index (χ0v) is 8.95. The van der Waals surface area contributed by atoms with E-state index in [0.29, 0.717) is 13.2 Å². The van der Waals surface area contributed by atoms with E-state index in [4.69, 9.17) is 9.47 Å². The minimum atomic E-state index is -0.688. The predicted molar refractivity (Wildman–Crippen MR) is 50.3 cm³/mol. The third kappa shape index (κ3) is 6.68. The van der Waals surface area contributed by atoms with Crippen LogP contribution in [0.4, 0.5) is 4.79 Å². The van der Waals surface area contributed by atoms with Gasteiger partial charge in [0.05, 0.1) is 26.4 Å². The van der Waals surface area contributed by atoms with Gasteiger partial charge >= 0.3 is 6.16 Å². The molecule has 0 aromatic heterocycles. The minimum absolute atomic E-state index is 0.105. The van der Waals surface area contributed by atoms with Crippen LogP contribution in [0.15, 0.2) is 0 Å². The Kier molecular flexibility index (Phi) is 8.27. The quantitative estimate of drug-likeness (QED) is 0.463. The van der Waals surface area contributed by atoms with Gasteiger partial charge in [-0.2, -0.15) is 0 Å². The molecule has 0 aromatic carbocycles. The smallest absolute Gasteiger partial charge is 0.438 e. The Bertz CT molecular complexity index is 144. The van der Waals surface area contributed by atoms with Gasteiger partial charge in [0.15, 0.2) is 0 Å². The molecule has 1 atom stereocenters. The van der Waals surface area contributed by atoms with Crippen LogP contribution >= 0.6 is 0 Å². The molecule has 14 heavy (non-hydrogen) atoms. The number of hydrogen-bond donors (Lipinski definition) is 0. The fraction of sp³-hybridized carbons (Fsp3) is 0.889. The van der Waals surface area contributed by atoms with Crippen LogP contribution in [-0.4, -0.2) is 46.3 Å². The van der Waals surface area contributed by atoms with Crippen LogP contribution in [0.3, 0.4) is 0 Å². The van der Waals surface area contributed by atoms with Gasteiger partial charge in [-0.05, 0) is 6.42 Å². The molecule has 0 bridgehead atoms. The fourth-order valence-corrected chi connectivity index (χ4v) is 0.810. The molecule has 0 rings (SSSR count). The largest absolute Gasteiger partial charge is 0.508 e. The van der Waals surface area contributed by atoms with E-state index >= 15 is 0 Å². The summed E-state index contributed by atoms with van der Waals surface area (Å²) in [6.07, 6.45) is 0.314. The Morgan fingerprint density at radius 2 is 2.00 bits per heavy atom. The SMILES string of the molecule is CCC(COCCOC(=O)OC)OC. The van der Waals surface area contributed by atoms with Gasteiger partial charge in [-0.3, -0.25) is 0 Å². The number of carbonyl (C=O) groups excluding carboxylic acids is 1. The molecule has 0 aromatic rings. The summed E-state index contributed by atoms with van der Waals surface area (Å²) in [5, 5.41) is 0. The van der Waals surface area contributed by atoms with E-state index in [1.807, 2.05) is 6.92 Å². The van der Waals surface area contributed by atoms with Crippen molar-refractivity contribution in [2.24, 2.45) is 0 Å². The van der Waals surface area contributed by atoms with E-state index in [9.17, 15) is 4.79 Å². The lowest BCUT2D eigenvalue weighted by molar-refractivity contribution is -0.0121. The van der Waals surface area contributed by atoms with Crippen LogP contribution in [0.2, 0.25) is 0 Å². The van der Waals surface area contributed by atoms with E-state index in [1.54, 1.807) is 7.11 Å². The van der Waals surface area contributed by atoms with Gasteiger partial charge < -0.3 is 18.9 Å². The number of carbonyl (C=O) groups is 1. The van der Waals surface area contributed by atoms with Crippen molar-refractivity contribution < 1.29 is 23.7 Å². The number of ether oxygens (including phenoxy) is 4. The monoisotopic (exact) mass is 206 g/mol. The maximum absolute atomic E-state index is 10.5. The van der Waals surface area contributed by atoms with Crippen molar-refractivity contribution in [3.8, 4) is 0 Å². The van der Waals surface area contributed by atoms with Gasteiger partial charge in [-0.25, -0.2) is 4.79 Å². The second-order valence-electron chi connectivity index (χ2n) is 2.64. The van der Waals surface area contributed by atoms with Crippen molar-refractivity contribution in [1.82, 2.24) is 0 Å². The molecule has 0 amide bonds. The van der Waals surface area contributed by atoms with Crippen LogP contribution in [-0.2, 0) is 18.9 Å². The van der Waals surface area contributed by atoms with Crippen molar-refractivity contribution in [2.45, 2.75) is 19.4 Å². The average molecular weight is 206 g/mol. The second-order valence-corrected chi connectivity index (χ2v) is 2.64. The predicted octanol–water partition coefficient (Wildman–Crippen LogP) is 1.21. The Morgan fingerprint density at radius 3 is 2.50 bits per heavy atom. The topological polar surface area (TPSA) is 54.0 Å². The Hall–Kier alpha value is -0.810. The van der Waals surface area contributed by atoms with Crippen LogP contribution in [0, 0.1) is 0 Å². The molecule has 0 saturated heterocycles. The molecule has 0 heterocycles. The van der Waals surface area contributed by atoms with Gasteiger partial charge in [0.25, 0.3) is 0 Å². The van der Waals surface area contributed by atoms with E-state index in [-0.39, 0.29) is 12.7 Å². The van der Waals surface area contributed by atoms with Crippen molar-refractivity contribution in [3.05, 3.63) is 0 Å². The maximum atomic E-state index is 10.5. The first-order chi connectivity index (χ1) is 6.74. The first-order valence-corrected chi connectivity index (χ1v) is 4.55. The highest BCUT2D eigenvalue weighted by Crippen LogP contribution is 1.96. The highest BCUT2D eigenvalue weighted by Gasteiger charge is 2.04. The maximum Gasteiger partial charge on any atom is 0.508 e. The first kappa shape index (κ1) is 13.2. The lowest BCUT2D eigenvalue weighted by atomic mass is 10.3. The third-order valence-corrected chi connectivity index (χ3v) is 1.71. The zero-order valence-electron chi connectivity index (χ0n) is 8.95. The summed E-state index contributed by atoms with van der Waals surface area (Å²) in [7, 11) is 2.91. The Balaban J connectivity index is 3.24. The molecule has 0 aliphatic heterocycles. The molecule has 0 aliphatic carbocycles. The zero-order chi connectivity index (χ0) is 10.8. The first-order valence-electron chi connectivity index (χ1n) is 4.55. The van der Waals surface area contributed by atoms with Crippen LogP contribution in [0.25, 0.3) is 0 Å². The standard InChI is InChI=1S/C9H18O5/c1-4-8(11-2)7-13-5-6-14-9(10)12-3/h8H,4-7H2,1-3H3. The van der Waals surface area contributed by atoms with E-state index in [1.165, 1.54) is 7.11 Å². The lowest BCUT2D eigenvalue weighted by Gasteiger charge is -2.12. The Morgan fingerprint density at radius 1 is 1.29 bits per heavy atom. The molecule has 0 radical (unpaired) electrons. The number of rotatable bonds is 7. The number of methoxy groups -OCH3 is 2. The molecule has 84 valence electrons. The van der Waals surface area contributed by atoms with Gasteiger partial charge in [0, 0.05) is 7.11 Å². The van der Waals surface area contributed by atoms with Gasteiger partial charge in [-0.15, -0.1) is 0 Å². The second kappa shape index (κ2) is 8.77. The molecular weight excluding hydrogens is 188 g/mol.